The summed E-state index contributed by atoms with van der Waals surface area (Å²) < 4.78 is 33.3. The van der Waals surface area contributed by atoms with Crippen molar-refractivity contribution in [3.8, 4) is 11.1 Å². The van der Waals surface area contributed by atoms with E-state index in [0.29, 0.717) is 113 Å². The van der Waals surface area contributed by atoms with E-state index in [1.165, 1.54) is 0 Å². The summed E-state index contributed by atoms with van der Waals surface area (Å²) in [6.45, 7) is 14.3. The van der Waals surface area contributed by atoms with E-state index >= 15 is 0 Å². The number of aromatic nitrogens is 2. The highest BCUT2D eigenvalue weighted by molar-refractivity contribution is 6.17. The first-order chi connectivity index (χ1) is 34.3. The predicted octanol–water partition coefficient (Wildman–Crippen LogP) is 7.93. The molecule has 1 aromatic heterocycles. The molecular weight excluding hydrogens is 930 g/mol. The predicted molar refractivity (Wildman–Crippen MR) is 275 cm³/mol. The van der Waals surface area contributed by atoms with Gasteiger partial charge in [-0.3, -0.25) is 19.7 Å². The lowest BCUT2D eigenvalue weighted by atomic mass is 9.84. The van der Waals surface area contributed by atoms with Crippen LogP contribution in [0.25, 0.3) is 11.1 Å². The molecule has 0 radical (unpaired) electrons. The molecule has 4 amide bonds. The third-order valence-electron chi connectivity index (χ3n) is 12.2. The first-order valence-electron chi connectivity index (χ1n) is 25.5. The van der Waals surface area contributed by atoms with E-state index in [1.807, 2.05) is 65.0 Å². The van der Waals surface area contributed by atoms with Crippen LogP contribution in [0.15, 0.2) is 54.6 Å². The molecule has 0 spiro atoms. The summed E-state index contributed by atoms with van der Waals surface area (Å²) in [4.78, 5) is 63.3. The lowest BCUT2D eigenvalue weighted by molar-refractivity contribution is -0.123. The van der Waals surface area contributed by atoms with Crippen molar-refractivity contribution in [2.75, 3.05) is 95.3 Å². The number of anilines is 2. The molecule has 1 aliphatic carbocycles. The fourth-order valence-corrected chi connectivity index (χ4v) is 8.87. The van der Waals surface area contributed by atoms with Crippen molar-refractivity contribution in [2.24, 2.45) is 5.92 Å². The van der Waals surface area contributed by atoms with Crippen molar-refractivity contribution in [3.05, 3.63) is 71.7 Å². The topological polar surface area (TPSA) is 201 Å². The Morgan fingerprint density at radius 3 is 1.99 bits per heavy atom. The quantitative estimate of drug-likeness (QED) is 0.0358. The molecule has 1 aliphatic heterocycles. The summed E-state index contributed by atoms with van der Waals surface area (Å²) in [6, 6.07) is 16.0. The second-order valence-corrected chi connectivity index (χ2v) is 19.4. The third kappa shape index (κ3) is 20.6. The van der Waals surface area contributed by atoms with E-state index in [2.05, 4.69) is 26.2 Å². The van der Waals surface area contributed by atoms with Crippen molar-refractivity contribution >= 4 is 46.9 Å². The van der Waals surface area contributed by atoms with E-state index in [4.69, 9.17) is 50.0 Å². The summed E-state index contributed by atoms with van der Waals surface area (Å²) in [6.07, 6.45) is 9.11. The van der Waals surface area contributed by atoms with Crippen LogP contribution in [0.2, 0.25) is 0 Å². The SMILES string of the molecule is Cc1nc(C(C)NC(=O)c2ccc(-c3ccc(NC(=O)OC(C)(C)C)cc3)cc2)cc(N2C(C(=O)NCCOCCOCCOCCC(=O)NCCOCCOCCCCCCCl)C[C@@H]3CCCC[C@@H]32)n1. The van der Waals surface area contributed by atoms with Gasteiger partial charge in [0.05, 0.1) is 71.2 Å². The molecule has 2 aliphatic rings. The lowest BCUT2D eigenvalue weighted by Crippen LogP contribution is -2.48. The number of nitrogens with one attached hydrogen (secondary N) is 4. The molecule has 2 unspecified atom stereocenters. The van der Waals surface area contributed by atoms with E-state index in [1.54, 1.807) is 24.3 Å². The fraction of sp³-hybridized carbons (Fsp3) is 0.623. The summed E-state index contributed by atoms with van der Waals surface area (Å²) >= 11 is 5.68. The summed E-state index contributed by atoms with van der Waals surface area (Å²) in [7, 11) is 0. The van der Waals surface area contributed by atoms with Gasteiger partial charge in [0.1, 0.15) is 23.3 Å². The molecule has 5 rings (SSSR count). The maximum atomic E-state index is 13.8. The Hall–Kier alpha value is -4.91. The number of fused-ring (bicyclic) bond motifs is 1. The standard InChI is InChI=1S/C53H78ClN7O10/c1-38(57-50(63)42-16-14-40(15-17-42)41-18-20-44(21-19-41)60-52(65)71-53(3,4)5)45-37-48(59-39(2)58-45)61-46-13-9-8-12-43(46)36-47(61)51(64)56-25-29-69-33-35-70-34-31-67-27-22-49(62)55-24-28-68-32-30-66-26-11-7-6-10-23-54/h14-21,37-38,43,46-47H,6-13,22-36H2,1-5H3,(H,55,62)(H,56,64)(H,57,63)(H,60,65)/t38?,43-,46-,47?/m0/s1. The van der Waals surface area contributed by atoms with E-state index < -0.39 is 23.8 Å². The largest absolute Gasteiger partial charge is 0.444 e. The van der Waals surface area contributed by atoms with Crippen LogP contribution >= 0.6 is 11.6 Å². The molecule has 2 fully saturated rings. The number of amides is 4. The number of hydrogen-bond acceptors (Lipinski definition) is 13. The van der Waals surface area contributed by atoms with Crippen molar-refractivity contribution in [1.29, 1.82) is 0 Å². The zero-order valence-electron chi connectivity index (χ0n) is 42.6. The third-order valence-corrected chi connectivity index (χ3v) is 12.4. The van der Waals surface area contributed by atoms with Gasteiger partial charge < -0.3 is 49.3 Å². The van der Waals surface area contributed by atoms with Crippen LogP contribution in [0.4, 0.5) is 16.3 Å². The molecule has 71 heavy (non-hydrogen) atoms. The van der Waals surface area contributed by atoms with Crippen LogP contribution in [0.5, 0.6) is 0 Å². The molecule has 392 valence electrons. The minimum atomic E-state index is -0.595. The molecule has 3 aromatic rings. The highest BCUT2D eigenvalue weighted by atomic mass is 35.5. The first-order valence-corrected chi connectivity index (χ1v) is 26.0. The average Bonchev–Trinajstić information content (AvgIpc) is 3.74. The number of benzene rings is 2. The van der Waals surface area contributed by atoms with Gasteiger partial charge in [-0.15, -0.1) is 11.6 Å². The molecule has 0 bridgehead atoms. The number of nitrogens with zero attached hydrogens (tertiary/aromatic N) is 3. The van der Waals surface area contributed by atoms with Crippen LogP contribution < -0.4 is 26.2 Å². The van der Waals surface area contributed by atoms with Crippen LogP contribution in [0, 0.1) is 12.8 Å². The van der Waals surface area contributed by atoms with Crippen LogP contribution in [-0.4, -0.2) is 137 Å². The van der Waals surface area contributed by atoms with Crippen molar-refractivity contribution in [3.63, 3.8) is 0 Å². The molecule has 18 heteroatoms. The maximum Gasteiger partial charge on any atom is 0.412 e. The lowest BCUT2D eigenvalue weighted by Gasteiger charge is -2.35. The Kier molecular flexibility index (Phi) is 24.8. The number of ether oxygens (including phenoxy) is 6. The summed E-state index contributed by atoms with van der Waals surface area (Å²) in [5.74, 6) is 1.96. The van der Waals surface area contributed by atoms with Crippen LogP contribution in [-0.2, 0) is 38.0 Å². The van der Waals surface area contributed by atoms with Crippen molar-refractivity contribution in [2.45, 2.75) is 123 Å². The smallest absolute Gasteiger partial charge is 0.412 e. The zero-order chi connectivity index (χ0) is 50.9. The number of rotatable bonds is 31. The van der Waals surface area contributed by atoms with E-state index in [9.17, 15) is 19.2 Å². The number of aryl methyl sites for hydroxylation is 1. The highest BCUT2D eigenvalue weighted by Crippen LogP contribution is 2.42. The minimum absolute atomic E-state index is 0.0595. The van der Waals surface area contributed by atoms with Gasteiger partial charge in [0.15, 0.2) is 0 Å². The van der Waals surface area contributed by atoms with Crippen molar-refractivity contribution in [1.82, 2.24) is 25.9 Å². The van der Waals surface area contributed by atoms with Crippen LogP contribution in [0.3, 0.4) is 0 Å². The molecule has 4 N–H and O–H groups in total. The van der Waals surface area contributed by atoms with Gasteiger partial charge >= 0.3 is 6.09 Å². The molecule has 4 atom stereocenters. The van der Waals surface area contributed by atoms with E-state index in [0.717, 1.165) is 75.5 Å². The Morgan fingerprint density at radius 2 is 1.32 bits per heavy atom. The average molecular weight is 1010 g/mol. The molecule has 1 saturated heterocycles. The molecule has 2 heterocycles. The Morgan fingerprint density at radius 1 is 0.732 bits per heavy atom. The molecular formula is C53H78ClN7O10. The zero-order valence-corrected chi connectivity index (χ0v) is 43.3. The van der Waals surface area contributed by atoms with Crippen LogP contribution in [0.1, 0.15) is 120 Å². The van der Waals surface area contributed by atoms with Crippen molar-refractivity contribution < 1.29 is 47.6 Å². The normalized spacial score (nSPS) is 17.0. The Balaban J connectivity index is 0.974. The van der Waals surface area contributed by atoms with Gasteiger partial charge in [0, 0.05) is 55.4 Å². The summed E-state index contributed by atoms with van der Waals surface area (Å²) in [5.41, 5.74) is 3.04. The van der Waals surface area contributed by atoms with Gasteiger partial charge in [0.25, 0.3) is 5.91 Å². The maximum absolute atomic E-state index is 13.8. The fourth-order valence-electron chi connectivity index (χ4n) is 8.68. The monoisotopic (exact) mass is 1010 g/mol. The van der Waals surface area contributed by atoms with E-state index in [-0.39, 0.29) is 30.2 Å². The molecule has 2 aromatic carbocycles. The number of halogens is 1. The second kappa shape index (κ2) is 30.9. The number of alkyl halides is 1. The first kappa shape index (κ1) is 57.0. The second-order valence-electron chi connectivity index (χ2n) is 19.0. The van der Waals surface area contributed by atoms with Gasteiger partial charge in [-0.25, -0.2) is 14.8 Å². The number of carbonyl (C=O) groups is 4. The highest BCUT2D eigenvalue weighted by Gasteiger charge is 2.46. The number of unbranched alkanes of at least 4 members (excludes halogenated alkanes) is 3. The summed E-state index contributed by atoms with van der Waals surface area (Å²) in [5, 5.41) is 11.8. The van der Waals surface area contributed by atoms with Gasteiger partial charge in [-0.1, -0.05) is 49.9 Å². The molecule has 17 nitrogen and oxygen atoms in total. The van der Waals surface area contributed by atoms with Gasteiger partial charge in [-0.05, 0) is 108 Å². The Labute approximate surface area is 425 Å². The molecule has 1 saturated carbocycles. The number of hydrogen-bond donors (Lipinski definition) is 4. The number of carbonyl (C=O) groups excluding carboxylic acids is 4. The van der Waals surface area contributed by atoms with Gasteiger partial charge in [0.2, 0.25) is 11.8 Å². The van der Waals surface area contributed by atoms with Gasteiger partial charge in [-0.2, -0.15) is 0 Å². The Bertz CT molecular complexity index is 2070. The minimum Gasteiger partial charge on any atom is -0.444 e.